The van der Waals surface area contributed by atoms with Gasteiger partial charge in [-0.15, -0.1) is 0 Å². The Kier molecular flexibility index (Phi) is 7.47. The number of hydrogen-bond acceptors (Lipinski definition) is 9. The largest absolute Gasteiger partial charge is 0.480 e. The molecule has 0 spiro atoms. The van der Waals surface area contributed by atoms with E-state index in [4.69, 9.17) is 9.47 Å². The first-order chi connectivity index (χ1) is 16.6. The molecule has 1 fully saturated rings. The Morgan fingerprint density at radius 2 is 2.06 bits per heavy atom. The Hall–Kier alpha value is -3.81. The van der Waals surface area contributed by atoms with E-state index in [9.17, 15) is 10.1 Å². The van der Waals surface area contributed by atoms with Gasteiger partial charge in [-0.05, 0) is 30.7 Å². The molecule has 1 aliphatic heterocycles. The molecule has 4 rings (SSSR count). The number of ether oxygens (including phenoxy) is 2. The van der Waals surface area contributed by atoms with Crippen molar-refractivity contribution < 1.29 is 14.3 Å². The number of carbonyl (C=O) groups is 1. The summed E-state index contributed by atoms with van der Waals surface area (Å²) in [6.45, 7) is 6.41. The van der Waals surface area contributed by atoms with Gasteiger partial charge in [-0.2, -0.15) is 5.26 Å². The summed E-state index contributed by atoms with van der Waals surface area (Å²) in [7, 11) is 1.48. The molecule has 1 saturated heterocycles. The van der Waals surface area contributed by atoms with Gasteiger partial charge in [0.15, 0.2) is 0 Å². The van der Waals surface area contributed by atoms with Gasteiger partial charge in [0.1, 0.15) is 29.8 Å². The fourth-order valence-corrected chi connectivity index (χ4v) is 3.79. The van der Waals surface area contributed by atoms with Crippen LogP contribution in [0.25, 0.3) is 22.0 Å². The van der Waals surface area contributed by atoms with Gasteiger partial charge in [-0.1, -0.05) is 6.07 Å². The molecule has 1 atom stereocenters. The van der Waals surface area contributed by atoms with Gasteiger partial charge in [0, 0.05) is 43.3 Å². The molecule has 10 nitrogen and oxygen atoms in total. The molecule has 1 unspecified atom stereocenters. The lowest BCUT2D eigenvalue weighted by Gasteiger charge is -2.26. The number of fused-ring (bicyclic) bond motifs is 1. The van der Waals surface area contributed by atoms with Gasteiger partial charge in [0.25, 0.3) is 0 Å². The highest BCUT2D eigenvalue weighted by Gasteiger charge is 2.17. The van der Waals surface area contributed by atoms with Crippen LogP contribution in [0.5, 0.6) is 5.88 Å². The maximum atomic E-state index is 12.6. The molecule has 2 N–H and O–H groups in total. The number of benzene rings is 1. The minimum absolute atomic E-state index is 0.103. The minimum Gasteiger partial charge on any atom is -0.480 e. The molecule has 0 radical (unpaired) electrons. The van der Waals surface area contributed by atoms with E-state index in [1.165, 1.54) is 13.4 Å². The molecule has 0 aliphatic carbocycles. The topological polar surface area (TPSA) is 125 Å². The molecular weight excluding hydrogens is 434 g/mol. The third kappa shape index (κ3) is 5.39. The highest BCUT2D eigenvalue weighted by Crippen LogP contribution is 2.29. The van der Waals surface area contributed by atoms with E-state index in [0.29, 0.717) is 17.9 Å². The van der Waals surface area contributed by atoms with E-state index in [-0.39, 0.29) is 11.8 Å². The molecule has 176 valence electrons. The molecule has 3 aromatic rings. The summed E-state index contributed by atoms with van der Waals surface area (Å²) in [4.78, 5) is 27.8. The number of amides is 1. The van der Waals surface area contributed by atoms with E-state index in [1.807, 2.05) is 18.2 Å². The van der Waals surface area contributed by atoms with E-state index in [2.05, 4.69) is 36.6 Å². The average molecular weight is 462 g/mol. The van der Waals surface area contributed by atoms with E-state index >= 15 is 0 Å². The summed E-state index contributed by atoms with van der Waals surface area (Å²) in [5, 5.41) is 16.3. The van der Waals surface area contributed by atoms with Crippen molar-refractivity contribution in [2.45, 2.75) is 13.0 Å². The normalized spacial score (nSPS) is 14.9. The van der Waals surface area contributed by atoms with Crippen molar-refractivity contribution in [2.24, 2.45) is 0 Å². The average Bonchev–Trinajstić information content (AvgIpc) is 2.88. The Balaban J connectivity index is 1.48. The van der Waals surface area contributed by atoms with Gasteiger partial charge in [0.2, 0.25) is 11.8 Å². The second-order valence-corrected chi connectivity index (χ2v) is 7.96. The molecular formula is C24H27N7O3. The van der Waals surface area contributed by atoms with Crippen LogP contribution >= 0.6 is 0 Å². The summed E-state index contributed by atoms with van der Waals surface area (Å²) in [5.74, 6) is 0.741. The SMILES string of the molecule is COc1ncc(-c2ccc3ncnc(NC(C)C(=O)NCCN4CCOCC4)c3c2)cc1C#N. The van der Waals surface area contributed by atoms with Crippen LogP contribution in [0.15, 0.2) is 36.8 Å². The zero-order valence-electron chi connectivity index (χ0n) is 19.2. The maximum absolute atomic E-state index is 12.6. The summed E-state index contributed by atoms with van der Waals surface area (Å²) in [6.07, 6.45) is 3.12. The van der Waals surface area contributed by atoms with Gasteiger partial charge in [-0.3, -0.25) is 9.69 Å². The van der Waals surface area contributed by atoms with Gasteiger partial charge in [-0.25, -0.2) is 15.0 Å². The molecule has 34 heavy (non-hydrogen) atoms. The van der Waals surface area contributed by atoms with Crippen molar-refractivity contribution in [3.8, 4) is 23.1 Å². The van der Waals surface area contributed by atoms with Gasteiger partial charge >= 0.3 is 0 Å². The summed E-state index contributed by atoms with van der Waals surface area (Å²) < 4.78 is 10.5. The lowest BCUT2D eigenvalue weighted by molar-refractivity contribution is -0.121. The van der Waals surface area contributed by atoms with Crippen molar-refractivity contribution in [1.29, 1.82) is 5.26 Å². The Morgan fingerprint density at radius 3 is 2.82 bits per heavy atom. The van der Waals surface area contributed by atoms with Crippen molar-refractivity contribution in [3.05, 3.63) is 42.4 Å². The van der Waals surface area contributed by atoms with Crippen LogP contribution < -0.4 is 15.4 Å². The third-order valence-corrected chi connectivity index (χ3v) is 5.71. The van der Waals surface area contributed by atoms with Gasteiger partial charge in [0.05, 0.1) is 25.8 Å². The summed E-state index contributed by atoms with van der Waals surface area (Å²) >= 11 is 0. The van der Waals surface area contributed by atoms with Crippen LogP contribution in [0.1, 0.15) is 12.5 Å². The third-order valence-electron chi connectivity index (χ3n) is 5.71. The van der Waals surface area contributed by atoms with Gasteiger partial charge < -0.3 is 20.1 Å². The zero-order chi connectivity index (χ0) is 23.9. The summed E-state index contributed by atoms with van der Waals surface area (Å²) in [5.41, 5.74) is 2.70. The number of nitrogens with zero attached hydrogens (tertiary/aromatic N) is 5. The van der Waals surface area contributed by atoms with Crippen LogP contribution in [0, 0.1) is 11.3 Å². The number of rotatable bonds is 8. The predicted molar refractivity (Wildman–Crippen MR) is 127 cm³/mol. The summed E-state index contributed by atoms with van der Waals surface area (Å²) in [6, 6.07) is 9.05. The molecule has 2 aromatic heterocycles. The number of pyridine rings is 1. The molecule has 10 heteroatoms. The van der Waals surface area contributed by atoms with Crippen LogP contribution in [0.2, 0.25) is 0 Å². The maximum Gasteiger partial charge on any atom is 0.242 e. The Labute approximate surface area is 197 Å². The highest BCUT2D eigenvalue weighted by molar-refractivity contribution is 5.94. The van der Waals surface area contributed by atoms with Crippen molar-refractivity contribution in [3.63, 3.8) is 0 Å². The molecule has 0 saturated carbocycles. The monoisotopic (exact) mass is 461 g/mol. The molecule has 0 bridgehead atoms. The minimum atomic E-state index is -0.487. The smallest absolute Gasteiger partial charge is 0.242 e. The number of nitriles is 1. The van der Waals surface area contributed by atoms with Crippen LogP contribution in [0.3, 0.4) is 0 Å². The van der Waals surface area contributed by atoms with Crippen molar-refractivity contribution in [1.82, 2.24) is 25.2 Å². The van der Waals surface area contributed by atoms with Crippen LogP contribution in [-0.4, -0.2) is 78.3 Å². The lowest BCUT2D eigenvalue weighted by atomic mass is 10.0. The lowest BCUT2D eigenvalue weighted by Crippen LogP contribution is -2.44. The second-order valence-electron chi connectivity index (χ2n) is 7.96. The fraction of sp³-hybridized carbons (Fsp3) is 0.375. The first-order valence-electron chi connectivity index (χ1n) is 11.1. The molecule has 1 amide bonds. The standard InChI is InChI=1S/C24H27N7O3/c1-16(23(32)26-5-6-31-7-9-34-10-8-31)30-22-20-12-17(3-4-21(20)28-15-29-22)19-11-18(13-25)24(33-2)27-14-19/h3-4,11-12,14-16H,5-10H2,1-2H3,(H,26,32)(H,28,29,30). The first-order valence-corrected chi connectivity index (χ1v) is 11.1. The van der Waals surface area contributed by atoms with Crippen LogP contribution in [0.4, 0.5) is 5.82 Å². The zero-order valence-corrected chi connectivity index (χ0v) is 19.2. The number of anilines is 1. The number of morpholine rings is 1. The molecule has 3 heterocycles. The number of methoxy groups -OCH3 is 1. The Morgan fingerprint density at radius 1 is 1.24 bits per heavy atom. The highest BCUT2D eigenvalue weighted by atomic mass is 16.5. The first kappa shape index (κ1) is 23.4. The number of hydrogen-bond donors (Lipinski definition) is 2. The van der Waals surface area contributed by atoms with Crippen molar-refractivity contribution in [2.75, 3.05) is 51.8 Å². The molecule has 1 aliphatic rings. The number of aromatic nitrogens is 3. The predicted octanol–water partition coefficient (Wildman–Crippen LogP) is 1.82. The van der Waals surface area contributed by atoms with Crippen LogP contribution in [-0.2, 0) is 9.53 Å². The van der Waals surface area contributed by atoms with Crippen molar-refractivity contribution >= 4 is 22.6 Å². The number of nitrogens with one attached hydrogen (secondary N) is 2. The van der Waals surface area contributed by atoms with E-state index in [0.717, 1.165) is 54.9 Å². The van der Waals surface area contributed by atoms with E-state index < -0.39 is 6.04 Å². The number of carbonyl (C=O) groups excluding carboxylic acids is 1. The quantitative estimate of drug-likeness (QED) is 0.517. The second kappa shape index (κ2) is 10.9. The molecule has 1 aromatic carbocycles. The van der Waals surface area contributed by atoms with E-state index in [1.54, 1.807) is 19.2 Å². The Bertz CT molecular complexity index is 1200. The fourth-order valence-electron chi connectivity index (χ4n) is 3.79.